The van der Waals surface area contributed by atoms with Gasteiger partial charge in [-0.25, -0.2) is 4.98 Å². The van der Waals surface area contributed by atoms with Gasteiger partial charge in [-0.3, -0.25) is 0 Å². The fourth-order valence-electron chi connectivity index (χ4n) is 1.32. The van der Waals surface area contributed by atoms with Gasteiger partial charge in [-0.1, -0.05) is 29.3 Å². The van der Waals surface area contributed by atoms with Crippen LogP contribution in [0.25, 0.3) is 0 Å². The smallest absolute Gasteiger partial charge is 0.219 e. The largest absolute Gasteiger partial charge is 0.439 e. The SMILES string of the molecule is NCc1nc(Oc2cccc(Cl)c2)ccc1Cl. The Morgan fingerprint density at radius 1 is 1.18 bits per heavy atom. The molecule has 2 aromatic rings. The van der Waals surface area contributed by atoms with Crippen molar-refractivity contribution in [3.05, 3.63) is 52.1 Å². The number of pyridine rings is 1. The van der Waals surface area contributed by atoms with Crippen LogP contribution in [0.1, 0.15) is 5.69 Å². The fourth-order valence-corrected chi connectivity index (χ4v) is 1.68. The van der Waals surface area contributed by atoms with Crippen molar-refractivity contribution in [2.24, 2.45) is 5.73 Å². The summed E-state index contributed by atoms with van der Waals surface area (Å²) in [5.74, 6) is 1.06. The summed E-state index contributed by atoms with van der Waals surface area (Å²) in [7, 11) is 0. The summed E-state index contributed by atoms with van der Waals surface area (Å²) in [5, 5.41) is 1.14. The normalized spacial score (nSPS) is 10.3. The molecule has 0 spiro atoms. The van der Waals surface area contributed by atoms with E-state index in [0.29, 0.717) is 27.4 Å². The van der Waals surface area contributed by atoms with E-state index in [1.165, 1.54) is 0 Å². The van der Waals surface area contributed by atoms with Crippen LogP contribution in [0.4, 0.5) is 0 Å². The summed E-state index contributed by atoms with van der Waals surface area (Å²) in [4.78, 5) is 4.19. The molecule has 0 fully saturated rings. The van der Waals surface area contributed by atoms with Crippen LogP contribution in [-0.4, -0.2) is 4.98 Å². The molecule has 0 aliphatic heterocycles. The molecule has 0 aliphatic rings. The number of aromatic nitrogens is 1. The van der Waals surface area contributed by atoms with Crippen molar-refractivity contribution in [1.82, 2.24) is 4.98 Å². The molecule has 0 saturated heterocycles. The lowest BCUT2D eigenvalue weighted by Crippen LogP contribution is -2.01. The summed E-state index contributed by atoms with van der Waals surface area (Å²) in [5.41, 5.74) is 6.12. The van der Waals surface area contributed by atoms with E-state index >= 15 is 0 Å². The third-order valence-corrected chi connectivity index (χ3v) is 2.68. The van der Waals surface area contributed by atoms with Crippen molar-refractivity contribution >= 4 is 23.2 Å². The van der Waals surface area contributed by atoms with Gasteiger partial charge in [0.1, 0.15) is 5.75 Å². The van der Waals surface area contributed by atoms with Crippen molar-refractivity contribution in [2.75, 3.05) is 0 Å². The van der Waals surface area contributed by atoms with Crippen molar-refractivity contribution in [3.8, 4) is 11.6 Å². The van der Waals surface area contributed by atoms with Crippen LogP contribution in [0.15, 0.2) is 36.4 Å². The second kappa shape index (κ2) is 5.36. The van der Waals surface area contributed by atoms with Gasteiger partial charge < -0.3 is 10.5 Å². The first-order chi connectivity index (χ1) is 8.19. The first kappa shape index (κ1) is 12.2. The van der Waals surface area contributed by atoms with Crippen LogP contribution in [0.2, 0.25) is 10.0 Å². The minimum Gasteiger partial charge on any atom is -0.439 e. The Morgan fingerprint density at radius 2 is 2.00 bits per heavy atom. The van der Waals surface area contributed by atoms with E-state index in [1.807, 2.05) is 0 Å². The second-order valence-corrected chi connectivity index (χ2v) is 4.19. The Balaban J connectivity index is 2.24. The van der Waals surface area contributed by atoms with Crippen LogP contribution >= 0.6 is 23.2 Å². The maximum absolute atomic E-state index is 5.91. The second-order valence-electron chi connectivity index (χ2n) is 3.34. The number of nitrogens with two attached hydrogens (primary N) is 1. The van der Waals surface area contributed by atoms with Crippen LogP contribution in [0.5, 0.6) is 11.6 Å². The maximum Gasteiger partial charge on any atom is 0.219 e. The zero-order chi connectivity index (χ0) is 12.3. The van der Waals surface area contributed by atoms with Crippen LogP contribution < -0.4 is 10.5 Å². The minimum atomic E-state index is 0.269. The molecule has 88 valence electrons. The highest BCUT2D eigenvalue weighted by atomic mass is 35.5. The number of rotatable bonds is 3. The monoisotopic (exact) mass is 268 g/mol. The minimum absolute atomic E-state index is 0.269. The van der Waals surface area contributed by atoms with Crippen molar-refractivity contribution in [2.45, 2.75) is 6.54 Å². The highest BCUT2D eigenvalue weighted by molar-refractivity contribution is 6.31. The highest BCUT2D eigenvalue weighted by Gasteiger charge is 2.04. The topological polar surface area (TPSA) is 48.1 Å². The molecule has 1 heterocycles. The number of halogens is 2. The molecular formula is C12H10Cl2N2O. The van der Waals surface area contributed by atoms with E-state index in [4.69, 9.17) is 33.7 Å². The molecule has 0 unspecified atom stereocenters. The third kappa shape index (κ3) is 3.09. The van der Waals surface area contributed by atoms with E-state index in [0.717, 1.165) is 0 Å². The van der Waals surface area contributed by atoms with Gasteiger partial charge in [-0.05, 0) is 24.3 Å². The molecule has 0 bridgehead atoms. The summed E-state index contributed by atoms with van der Waals surface area (Å²) in [6.07, 6.45) is 0. The Labute approximate surface area is 109 Å². The van der Waals surface area contributed by atoms with Gasteiger partial charge in [-0.2, -0.15) is 0 Å². The first-order valence-electron chi connectivity index (χ1n) is 4.98. The van der Waals surface area contributed by atoms with Gasteiger partial charge in [-0.15, -0.1) is 0 Å². The molecule has 2 N–H and O–H groups in total. The van der Waals surface area contributed by atoms with E-state index in [-0.39, 0.29) is 6.54 Å². The molecule has 5 heteroatoms. The maximum atomic E-state index is 5.91. The molecule has 0 amide bonds. The predicted octanol–water partition coefficient (Wildman–Crippen LogP) is 3.64. The van der Waals surface area contributed by atoms with Gasteiger partial charge >= 0.3 is 0 Å². The average molecular weight is 269 g/mol. The summed E-state index contributed by atoms with van der Waals surface area (Å²) in [6, 6.07) is 10.5. The molecule has 1 aromatic heterocycles. The Bertz CT molecular complexity index is 532. The lowest BCUT2D eigenvalue weighted by molar-refractivity contribution is 0.461. The molecule has 0 saturated carbocycles. The molecule has 3 nitrogen and oxygen atoms in total. The lowest BCUT2D eigenvalue weighted by Gasteiger charge is -2.07. The van der Waals surface area contributed by atoms with Gasteiger partial charge in [0.25, 0.3) is 0 Å². The van der Waals surface area contributed by atoms with E-state index < -0.39 is 0 Å². The van der Waals surface area contributed by atoms with Gasteiger partial charge in [0.2, 0.25) is 5.88 Å². The summed E-state index contributed by atoms with van der Waals surface area (Å²) in [6.45, 7) is 0.269. The van der Waals surface area contributed by atoms with Crippen LogP contribution in [-0.2, 0) is 6.54 Å². The van der Waals surface area contributed by atoms with E-state index in [2.05, 4.69) is 4.98 Å². The standard InChI is InChI=1S/C12H10Cl2N2O/c13-8-2-1-3-9(6-8)17-12-5-4-10(14)11(7-15)16-12/h1-6H,7,15H2. The molecular weight excluding hydrogens is 259 g/mol. The molecule has 17 heavy (non-hydrogen) atoms. The van der Waals surface area contributed by atoms with E-state index in [9.17, 15) is 0 Å². The van der Waals surface area contributed by atoms with Crippen LogP contribution in [0, 0.1) is 0 Å². The molecule has 0 aliphatic carbocycles. The van der Waals surface area contributed by atoms with Crippen molar-refractivity contribution < 1.29 is 4.74 Å². The first-order valence-corrected chi connectivity index (χ1v) is 5.73. The number of benzene rings is 1. The summed E-state index contributed by atoms with van der Waals surface area (Å²) >= 11 is 11.8. The lowest BCUT2D eigenvalue weighted by atomic mass is 10.3. The average Bonchev–Trinajstić information content (AvgIpc) is 2.32. The quantitative estimate of drug-likeness (QED) is 0.925. The van der Waals surface area contributed by atoms with Crippen molar-refractivity contribution in [3.63, 3.8) is 0 Å². The van der Waals surface area contributed by atoms with Crippen LogP contribution in [0.3, 0.4) is 0 Å². The van der Waals surface area contributed by atoms with Gasteiger partial charge in [0.15, 0.2) is 0 Å². The Kier molecular flexibility index (Phi) is 3.84. The third-order valence-electron chi connectivity index (χ3n) is 2.10. The molecule has 2 rings (SSSR count). The molecule has 1 aromatic carbocycles. The zero-order valence-corrected chi connectivity index (χ0v) is 10.4. The molecule has 0 atom stereocenters. The van der Waals surface area contributed by atoms with Crippen molar-refractivity contribution in [1.29, 1.82) is 0 Å². The summed E-state index contributed by atoms with van der Waals surface area (Å²) < 4.78 is 5.55. The zero-order valence-electron chi connectivity index (χ0n) is 8.86. The number of hydrogen-bond donors (Lipinski definition) is 1. The van der Waals surface area contributed by atoms with Gasteiger partial charge in [0.05, 0.1) is 10.7 Å². The number of hydrogen-bond acceptors (Lipinski definition) is 3. The van der Waals surface area contributed by atoms with E-state index in [1.54, 1.807) is 36.4 Å². The fraction of sp³-hybridized carbons (Fsp3) is 0.0833. The van der Waals surface area contributed by atoms with Gasteiger partial charge in [0, 0.05) is 17.6 Å². The number of nitrogens with zero attached hydrogens (tertiary/aromatic N) is 1. The highest BCUT2D eigenvalue weighted by Crippen LogP contribution is 2.24. The Morgan fingerprint density at radius 3 is 2.71 bits per heavy atom. The Hall–Kier alpha value is -1.29. The number of ether oxygens (including phenoxy) is 1. The predicted molar refractivity (Wildman–Crippen MR) is 68.7 cm³/mol. The molecule has 0 radical (unpaired) electrons.